The van der Waals surface area contributed by atoms with E-state index in [9.17, 15) is 0 Å². The summed E-state index contributed by atoms with van der Waals surface area (Å²) in [5, 5.41) is 0. The Kier molecular flexibility index (Phi) is 2.72. The molecule has 0 aliphatic rings. The Balaban J connectivity index is 2.83. The molecule has 0 spiro atoms. The molecule has 0 unspecified atom stereocenters. The summed E-state index contributed by atoms with van der Waals surface area (Å²) in [6.07, 6.45) is 0. The van der Waals surface area contributed by atoms with Gasteiger partial charge in [-0.2, -0.15) is 0 Å². The van der Waals surface area contributed by atoms with Crippen molar-refractivity contribution in [1.82, 2.24) is 0 Å². The fourth-order valence-electron chi connectivity index (χ4n) is 1.06. The van der Waals surface area contributed by atoms with Crippen molar-refractivity contribution in [2.45, 2.75) is 19.8 Å². The molecule has 58 valence electrons. The van der Waals surface area contributed by atoms with Crippen LogP contribution in [0.1, 0.15) is 18.5 Å². The molecular formula is C9H14BN. The largest absolute Gasteiger partial charge is 0.324 e. The third-order valence-electron chi connectivity index (χ3n) is 1.91. The van der Waals surface area contributed by atoms with Crippen molar-refractivity contribution in [3.05, 3.63) is 29.8 Å². The summed E-state index contributed by atoms with van der Waals surface area (Å²) in [5.74, 6) is 0. The summed E-state index contributed by atoms with van der Waals surface area (Å²) < 4.78 is 0. The van der Waals surface area contributed by atoms with Gasteiger partial charge in [-0.05, 0) is 12.5 Å². The molecule has 0 fully saturated rings. The van der Waals surface area contributed by atoms with Crippen molar-refractivity contribution >= 4 is 12.7 Å². The van der Waals surface area contributed by atoms with Crippen molar-refractivity contribution in [1.29, 1.82) is 0 Å². The van der Waals surface area contributed by atoms with Crippen LogP contribution in [0.15, 0.2) is 24.3 Å². The molecular weight excluding hydrogens is 133 g/mol. The highest BCUT2D eigenvalue weighted by Gasteiger charge is 1.97. The molecule has 0 amide bonds. The first kappa shape index (κ1) is 8.34. The highest BCUT2D eigenvalue weighted by atomic mass is 14.6. The van der Waals surface area contributed by atoms with E-state index in [0.29, 0.717) is 0 Å². The van der Waals surface area contributed by atoms with Gasteiger partial charge >= 0.3 is 0 Å². The lowest BCUT2D eigenvalue weighted by Gasteiger charge is -2.04. The van der Waals surface area contributed by atoms with Crippen molar-refractivity contribution in [3.8, 4) is 0 Å². The fraction of sp³-hybridized carbons (Fsp3) is 0.333. The summed E-state index contributed by atoms with van der Waals surface area (Å²) in [5.41, 5.74) is 8.29. The Morgan fingerprint density at radius 3 is 2.18 bits per heavy atom. The lowest BCUT2D eigenvalue weighted by molar-refractivity contribution is 0.819. The monoisotopic (exact) mass is 147 g/mol. The third-order valence-corrected chi connectivity index (χ3v) is 1.91. The van der Waals surface area contributed by atoms with Crippen LogP contribution in [0.5, 0.6) is 0 Å². The average molecular weight is 147 g/mol. The van der Waals surface area contributed by atoms with Gasteiger partial charge in [0.05, 0.1) is 0 Å². The van der Waals surface area contributed by atoms with E-state index in [1.54, 1.807) is 0 Å². The van der Waals surface area contributed by atoms with Gasteiger partial charge in [0.1, 0.15) is 0 Å². The Morgan fingerprint density at radius 1 is 1.27 bits per heavy atom. The van der Waals surface area contributed by atoms with Crippen LogP contribution in [0.3, 0.4) is 0 Å². The van der Waals surface area contributed by atoms with Gasteiger partial charge < -0.3 is 5.73 Å². The van der Waals surface area contributed by atoms with Crippen LogP contribution in [0.25, 0.3) is 0 Å². The minimum absolute atomic E-state index is 0.154. The van der Waals surface area contributed by atoms with Crippen LogP contribution < -0.4 is 11.2 Å². The zero-order chi connectivity index (χ0) is 8.27. The number of hydrogen-bond donors (Lipinski definition) is 1. The molecule has 0 radical (unpaired) electrons. The molecule has 0 saturated carbocycles. The minimum Gasteiger partial charge on any atom is -0.324 e. The van der Waals surface area contributed by atoms with Gasteiger partial charge in [-0.15, -0.1) is 0 Å². The Labute approximate surface area is 68.9 Å². The maximum absolute atomic E-state index is 5.71. The van der Waals surface area contributed by atoms with Gasteiger partial charge in [0.15, 0.2) is 7.28 Å². The zero-order valence-electron chi connectivity index (χ0n) is 7.17. The van der Waals surface area contributed by atoms with Gasteiger partial charge in [-0.3, -0.25) is 0 Å². The Morgan fingerprint density at radius 2 is 1.82 bits per heavy atom. The lowest BCUT2D eigenvalue weighted by atomic mass is 9.73. The Hall–Kier alpha value is -0.755. The van der Waals surface area contributed by atoms with Crippen molar-refractivity contribution < 1.29 is 0 Å². The van der Waals surface area contributed by atoms with Crippen molar-refractivity contribution in [2.75, 3.05) is 0 Å². The molecule has 0 aromatic heterocycles. The average Bonchev–Trinajstić information content (AvgIpc) is 2.05. The summed E-state index contributed by atoms with van der Waals surface area (Å²) >= 11 is 0. The van der Waals surface area contributed by atoms with E-state index in [2.05, 4.69) is 31.1 Å². The van der Waals surface area contributed by atoms with E-state index in [4.69, 9.17) is 5.73 Å². The maximum atomic E-state index is 5.71. The third kappa shape index (κ3) is 2.09. The molecule has 0 bridgehead atoms. The maximum Gasteiger partial charge on any atom is 0.154 e. The highest BCUT2D eigenvalue weighted by Crippen LogP contribution is 2.05. The molecule has 0 saturated heterocycles. The molecule has 0 heterocycles. The topological polar surface area (TPSA) is 26.0 Å². The van der Waals surface area contributed by atoms with Gasteiger partial charge in [-0.25, -0.2) is 0 Å². The predicted octanol–water partition coefficient (Wildman–Crippen LogP) is 0.816. The quantitative estimate of drug-likeness (QED) is 0.615. The van der Waals surface area contributed by atoms with E-state index in [-0.39, 0.29) is 6.04 Å². The highest BCUT2D eigenvalue weighted by molar-refractivity contribution is 6.51. The first-order valence-corrected chi connectivity index (χ1v) is 4.08. The smallest absolute Gasteiger partial charge is 0.154 e. The van der Waals surface area contributed by atoms with E-state index in [1.807, 2.05) is 6.92 Å². The van der Waals surface area contributed by atoms with Gasteiger partial charge in [0, 0.05) is 6.04 Å². The summed E-state index contributed by atoms with van der Waals surface area (Å²) in [7, 11) is 1.10. The number of benzene rings is 1. The standard InChI is InChI=1S/C9H14BN/c1-7(11)8-3-5-9(10-2)6-4-8/h3-7,10H,11H2,1-2H3/t7-/m0/s1. The molecule has 1 aromatic carbocycles. The molecule has 0 aliphatic carbocycles. The molecule has 1 atom stereocenters. The van der Waals surface area contributed by atoms with E-state index < -0.39 is 0 Å². The predicted molar refractivity (Wildman–Crippen MR) is 51.7 cm³/mol. The second kappa shape index (κ2) is 3.58. The van der Waals surface area contributed by atoms with E-state index in [1.165, 1.54) is 11.0 Å². The number of hydrogen-bond acceptors (Lipinski definition) is 1. The second-order valence-electron chi connectivity index (χ2n) is 2.88. The summed E-state index contributed by atoms with van der Waals surface area (Å²) in [6.45, 7) is 4.15. The van der Waals surface area contributed by atoms with Gasteiger partial charge in [0.2, 0.25) is 0 Å². The van der Waals surface area contributed by atoms with Crippen LogP contribution >= 0.6 is 0 Å². The molecule has 1 nitrogen and oxygen atoms in total. The lowest BCUT2D eigenvalue weighted by Crippen LogP contribution is -2.11. The molecule has 1 rings (SSSR count). The number of rotatable bonds is 2. The molecule has 2 heteroatoms. The van der Waals surface area contributed by atoms with Crippen LogP contribution in [-0.4, -0.2) is 7.28 Å². The molecule has 1 aromatic rings. The zero-order valence-corrected chi connectivity index (χ0v) is 7.17. The van der Waals surface area contributed by atoms with Crippen molar-refractivity contribution in [3.63, 3.8) is 0 Å². The van der Waals surface area contributed by atoms with E-state index >= 15 is 0 Å². The Bertz CT molecular complexity index is 216. The fourth-order valence-corrected chi connectivity index (χ4v) is 1.06. The summed E-state index contributed by atoms with van der Waals surface area (Å²) in [4.78, 5) is 0. The molecule has 2 N–H and O–H groups in total. The van der Waals surface area contributed by atoms with Crippen molar-refractivity contribution in [2.24, 2.45) is 5.73 Å². The normalized spacial score (nSPS) is 12.6. The van der Waals surface area contributed by atoms with Crippen LogP contribution in [0, 0.1) is 0 Å². The summed E-state index contributed by atoms with van der Waals surface area (Å²) in [6, 6.07) is 8.63. The van der Waals surface area contributed by atoms with Gasteiger partial charge in [0.25, 0.3) is 0 Å². The van der Waals surface area contributed by atoms with Crippen LogP contribution in [0.4, 0.5) is 0 Å². The van der Waals surface area contributed by atoms with E-state index in [0.717, 1.165) is 7.28 Å². The first-order valence-electron chi connectivity index (χ1n) is 4.08. The molecule has 0 aliphatic heterocycles. The molecule has 11 heavy (non-hydrogen) atoms. The minimum atomic E-state index is 0.154. The van der Waals surface area contributed by atoms with Gasteiger partial charge in [-0.1, -0.05) is 36.6 Å². The van der Waals surface area contributed by atoms with Crippen LogP contribution in [-0.2, 0) is 0 Å². The van der Waals surface area contributed by atoms with Crippen LogP contribution in [0.2, 0.25) is 6.82 Å². The second-order valence-corrected chi connectivity index (χ2v) is 2.88. The first-order chi connectivity index (χ1) is 5.24. The SMILES string of the molecule is CBc1ccc([C@H](C)N)cc1. The number of nitrogens with two attached hydrogens (primary N) is 1.